The van der Waals surface area contributed by atoms with Crippen LogP contribution >= 0.6 is 11.6 Å². The van der Waals surface area contributed by atoms with Crippen molar-refractivity contribution in [1.82, 2.24) is 5.32 Å². The van der Waals surface area contributed by atoms with Crippen molar-refractivity contribution in [3.63, 3.8) is 0 Å². The molecule has 1 atom stereocenters. The molecule has 0 spiro atoms. The number of nitrogens with zero attached hydrogens (tertiary/aromatic N) is 3. The molecule has 0 heterocycles. The monoisotopic (exact) mass is 204 g/mol. The lowest BCUT2D eigenvalue weighted by Crippen LogP contribution is -2.34. The number of nitrogens with one attached hydrogen (secondary N) is 1. The van der Waals surface area contributed by atoms with Crippen LogP contribution in [0.15, 0.2) is 5.11 Å². The Morgan fingerprint density at radius 2 is 2.46 bits per heavy atom. The van der Waals surface area contributed by atoms with Crippen LogP contribution in [0, 0.1) is 0 Å². The maximum atomic E-state index is 11.1. The summed E-state index contributed by atoms with van der Waals surface area (Å²) in [6.07, 6.45) is 1.61. The fourth-order valence-corrected chi connectivity index (χ4v) is 0.895. The molecule has 13 heavy (non-hydrogen) atoms. The van der Waals surface area contributed by atoms with Crippen molar-refractivity contribution in [3.8, 4) is 0 Å². The average molecular weight is 205 g/mol. The fourth-order valence-electron chi connectivity index (χ4n) is 0.756. The molecule has 74 valence electrons. The van der Waals surface area contributed by atoms with Crippen molar-refractivity contribution in [1.29, 1.82) is 0 Å². The number of carbonyl (C=O) groups is 1. The van der Waals surface area contributed by atoms with E-state index in [1.807, 2.05) is 6.92 Å². The zero-order valence-corrected chi connectivity index (χ0v) is 8.29. The van der Waals surface area contributed by atoms with Crippen LogP contribution < -0.4 is 5.32 Å². The van der Waals surface area contributed by atoms with Gasteiger partial charge in [-0.05, 0) is 12.0 Å². The van der Waals surface area contributed by atoms with Crippen molar-refractivity contribution < 1.29 is 4.79 Å². The SMILES string of the molecule is CCCCC(=O)NC(CCl)N=[N+]=[N-]. The molecule has 0 aliphatic carbocycles. The van der Waals surface area contributed by atoms with Gasteiger partial charge in [-0.3, -0.25) is 4.79 Å². The minimum Gasteiger partial charge on any atom is -0.346 e. The number of halogens is 1. The van der Waals surface area contributed by atoms with Crippen molar-refractivity contribution in [3.05, 3.63) is 10.4 Å². The minimum absolute atomic E-state index is 0.0991. The molecular weight excluding hydrogens is 192 g/mol. The third-order valence-corrected chi connectivity index (χ3v) is 1.71. The van der Waals surface area contributed by atoms with Crippen molar-refractivity contribution in [2.45, 2.75) is 32.4 Å². The number of amides is 1. The molecule has 0 rings (SSSR count). The molecule has 6 heteroatoms. The van der Waals surface area contributed by atoms with Gasteiger partial charge in [0.1, 0.15) is 6.17 Å². The summed E-state index contributed by atoms with van der Waals surface area (Å²) in [4.78, 5) is 13.7. The van der Waals surface area contributed by atoms with E-state index in [1.165, 1.54) is 0 Å². The molecule has 0 saturated heterocycles. The molecule has 0 radical (unpaired) electrons. The Hall–Kier alpha value is -0.930. The molecule has 0 saturated carbocycles. The first-order chi connectivity index (χ1) is 6.24. The van der Waals surface area contributed by atoms with Gasteiger partial charge in [-0.1, -0.05) is 18.5 Å². The number of hydrogen-bond acceptors (Lipinski definition) is 2. The van der Waals surface area contributed by atoms with Gasteiger partial charge in [0.05, 0.1) is 0 Å². The van der Waals surface area contributed by atoms with E-state index in [2.05, 4.69) is 15.3 Å². The van der Waals surface area contributed by atoms with Gasteiger partial charge in [-0.2, -0.15) is 0 Å². The second-order valence-corrected chi connectivity index (χ2v) is 2.85. The molecule has 1 N–H and O–H groups in total. The highest BCUT2D eigenvalue weighted by molar-refractivity contribution is 6.18. The summed E-state index contributed by atoms with van der Waals surface area (Å²) in [7, 11) is 0. The fraction of sp³-hybridized carbons (Fsp3) is 0.857. The summed E-state index contributed by atoms with van der Waals surface area (Å²) in [5.74, 6) is -0.0260. The second-order valence-electron chi connectivity index (χ2n) is 2.55. The molecule has 0 aromatic rings. The zero-order valence-electron chi connectivity index (χ0n) is 7.53. The molecule has 5 nitrogen and oxygen atoms in total. The predicted octanol–water partition coefficient (Wildman–Crippen LogP) is 2.17. The Balaban J connectivity index is 3.79. The van der Waals surface area contributed by atoms with Crippen LogP contribution in [-0.2, 0) is 4.79 Å². The van der Waals surface area contributed by atoms with Crippen LogP contribution in [0.2, 0.25) is 0 Å². The van der Waals surface area contributed by atoms with Crippen LogP contribution in [0.1, 0.15) is 26.2 Å². The zero-order chi connectivity index (χ0) is 10.1. The number of azide groups is 1. The number of alkyl halides is 1. The molecule has 1 unspecified atom stereocenters. The second kappa shape index (κ2) is 7.71. The minimum atomic E-state index is -0.629. The summed E-state index contributed by atoms with van der Waals surface area (Å²) >= 11 is 5.44. The lowest BCUT2D eigenvalue weighted by Gasteiger charge is -2.09. The summed E-state index contributed by atoms with van der Waals surface area (Å²) in [5.41, 5.74) is 8.11. The normalized spacial score (nSPS) is 11.5. The first-order valence-electron chi connectivity index (χ1n) is 4.14. The third-order valence-electron chi connectivity index (χ3n) is 1.42. The van der Waals surface area contributed by atoms with Crippen LogP contribution in [0.3, 0.4) is 0 Å². The summed E-state index contributed by atoms with van der Waals surface area (Å²) in [6, 6.07) is 0. The Labute approximate surface area is 82.1 Å². The highest BCUT2D eigenvalue weighted by Crippen LogP contribution is 1.96. The number of unbranched alkanes of at least 4 members (excludes halogenated alkanes) is 1. The highest BCUT2D eigenvalue weighted by Gasteiger charge is 2.07. The highest BCUT2D eigenvalue weighted by atomic mass is 35.5. The molecule has 0 aromatic heterocycles. The third kappa shape index (κ3) is 6.25. The predicted molar refractivity (Wildman–Crippen MR) is 51.3 cm³/mol. The average Bonchev–Trinajstić information content (AvgIpc) is 2.14. The Morgan fingerprint density at radius 1 is 1.77 bits per heavy atom. The van der Waals surface area contributed by atoms with E-state index in [1.54, 1.807) is 0 Å². The number of carbonyl (C=O) groups excluding carboxylic acids is 1. The summed E-state index contributed by atoms with van der Waals surface area (Å²) in [6.45, 7) is 2.00. The van der Waals surface area contributed by atoms with Crippen LogP contribution in [0.4, 0.5) is 0 Å². The van der Waals surface area contributed by atoms with E-state index in [0.717, 1.165) is 12.8 Å². The molecule has 0 aromatic carbocycles. The lowest BCUT2D eigenvalue weighted by atomic mass is 10.2. The van der Waals surface area contributed by atoms with Gasteiger partial charge in [-0.25, -0.2) is 0 Å². The molecule has 0 aliphatic heterocycles. The largest absolute Gasteiger partial charge is 0.346 e. The van der Waals surface area contributed by atoms with E-state index >= 15 is 0 Å². The first kappa shape index (κ1) is 12.1. The molecular formula is C7H13ClN4O. The van der Waals surface area contributed by atoms with Crippen LogP contribution in [-0.4, -0.2) is 18.0 Å². The Morgan fingerprint density at radius 3 is 2.92 bits per heavy atom. The quantitative estimate of drug-likeness (QED) is 0.306. The number of hydrogen-bond donors (Lipinski definition) is 1. The van der Waals surface area contributed by atoms with Crippen LogP contribution in [0.25, 0.3) is 10.4 Å². The standard InChI is InChI=1S/C7H13ClN4O/c1-2-3-4-7(13)10-6(5-8)11-12-9/h6H,2-5H2,1H3,(H,10,13). The molecule has 1 amide bonds. The van der Waals surface area contributed by atoms with Gasteiger partial charge >= 0.3 is 0 Å². The first-order valence-corrected chi connectivity index (χ1v) is 4.67. The smallest absolute Gasteiger partial charge is 0.220 e. The summed E-state index contributed by atoms with van der Waals surface area (Å²) in [5, 5.41) is 5.82. The van der Waals surface area contributed by atoms with E-state index < -0.39 is 6.17 Å². The van der Waals surface area contributed by atoms with Crippen molar-refractivity contribution in [2.75, 3.05) is 5.88 Å². The van der Waals surface area contributed by atoms with Crippen LogP contribution in [0.5, 0.6) is 0 Å². The maximum Gasteiger partial charge on any atom is 0.220 e. The van der Waals surface area contributed by atoms with E-state index in [9.17, 15) is 4.79 Å². The summed E-state index contributed by atoms with van der Waals surface area (Å²) < 4.78 is 0. The van der Waals surface area contributed by atoms with Crippen molar-refractivity contribution in [2.24, 2.45) is 5.11 Å². The molecule has 0 bridgehead atoms. The van der Waals surface area contributed by atoms with Gasteiger partial charge in [0.15, 0.2) is 0 Å². The van der Waals surface area contributed by atoms with E-state index in [-0.39, 0.29) is 11.8 Å². The molecule has 0 fully saturated rings. The molecule has 0 aliphatic rings. The number of rotatable bonds is 6. The van der Waals surface area contributed by atoms with Gasteiger partial charge in [-0.15, -0.1) is 11.6 Å². The van der Waals surface area contributed by atoms with Gasteiger partial charge < -0.3 is 5.32 Å². The Bertz CT molecular complexity index is 203. The Kier molecular flexibility index (Phi) is 7.15. The van der Waals surface area contributed by atoms with E-state index in [0.29, 0.717) is 6.42 Å². The van der Waals surface area contributed by atoms with Gasteiger partial charge in [0.25, 0.3) is 0 Å². The van der Waals surface area contributed by atoms with E-state index in [4.69, 9.17) is 17.1 Å². The van der Waals surface area contributed by atoms with Gasteiger partial charge in [0, 0.05) is 17.2 Å². The van der Waals surface area contributed by atoms with Gasteiger partial charge in [0.2, 0.25) is 5.91 Å². The topological polar surface area (TPSA) is 77.9 Å². The van der Waals surface area contributed by atoms with Crippen molar-refractivity contribution >= 4 is 17.5 Å². The lowest BCUT2D eigenvalue weighted by molar-refractivity contribution is -0.121. The maximum absolute atomic E-state index is 11.1.